The molecule has 1 N–H and O–H groups in total. The largest absolute Gasteiger partial charge is 0.467 e. The number of esters is 1. The predicted octanol–water partition coefficient (Wildman–Crippen LogP) is 2.46. The molecule has 6 nitrogen and oxygen atoms in total. The van der Waals surface area contributed by atoms with Gasteiger partial charge in [0.2, 0.25) is 11.8 Å². The maximum atomic E-state index is 13.1. The smallest absolute Gasteiger partial charge is 0.328 e. The molecule has 1 unspecified atom stereocenters. The van der Waals surface area contributed by atoms with E-state index in [9.17, 15) is 14.4 Å². The van der Waals surface area contributed by atoms with Crippen LogP contribution in [0.15, 0.2) is 0 Å². The Kier molecular flexibility index (Phi) is 8.01. The van der Waals surface area contributed by atoms with Crippen LogP contribution in [0, 0.1) is 17.3 Å². The molecule has 27 heavy (non-hydrogen) atoms. The number of nitrogens with zero attached hydrogens (tertiary/aromatic N) is 1. The number of methoxy groups -OCH3 is 1. The molecule has 0 radical (unpaired) electrons. The molecule has 1 spiro atoms. The number of hydrogen-bond donors (Lipinski definition) is 1. The molecule has 2 aliphatic heterocycles. The lowest BCUT2D eigenvalue weighted by molar-refractivity contribution is -0.151. The lowest BCUT2D eigenvalue weighted by Crippen LogP contribution is -2.43. The fraction of sp³-hybridized carbons (Fsp3) is 0.850. The molecule has 0 aromatic heterocycles. The van der Waals surface area contributed by atoms with Crippen LogP contribution in [0.1, 0.15) is 52.9 Å². The molecule has 2 atom stereocenters. The van der Waals surface area contributed by atoms with E-state index in [1.807, 2.05) is 11.8 Å². The van der Waals surface area contributed by atoms with E-state index in [-0.39, 0.29) is 29.1 Å². The number of ether oxygens (including phenoxy) is 1. The lowest BCUT2D eigenvalue weighted by atomic mass is 9.80. The molecule has 2 amide bonds. The zero-order valence-corrected chi connectivity index (χ0v) is 17.9. The third kappa shape index (κ3) is 6.13. The molecular weight excluding hydrogens is 364 g/mol. The highest BCUT2D eigenvalue weighted by Crippen LogP contribution is 2.45. The summed E-state index contributed by atoms with van der Waals surface area (Å²) in [4.78, 5) is 38.5. The maximum absolute atomic E-state index is 13.1. The molecule has 154 valence electrons. The molecule has 0 saturated carbocycles. The number of carbonyl (C=O) groups excluding carboxylic acids is 3. The number of thioether (sulfide) groups is 1. The molecule has 2 fully saturated rings. The summed E-state index contributed by atoms with van der Waals surface area (Å²) in [6.07, 6.45) is 4.04. The van der Waals surface area contributed by atoms with Crippen LogP contribution in [0.5, 0.6) is 0 Å². The van der Waals surface area contributed by atoms with Gasteiger partial charge in [-0.15, -0.1) is 0 Å². The summed E-state index contributed by atoms with van der Waals surface area (Å²) in [5.41, 5.74) is 0.0605. The van der Waals surface area contributed by atoms with Gasteiger partial charge in [0, 0.05) is 26.4 Å². The first-order valence-electron chi connectivity index (χ1n) is 9.96. The van der Waals surface area contributed by atoms with E-state index >= 15 is 0 Å². The number of rotatable bonds is 7. The van der Waals surface area contributed by atoms with Gasteiger partial charge in [0.15, 0.2) is 0 Å². The Labute approximate surface area is 167 Å². The van der Waals surface area contributed by atoms with Gasteiger partial charge < -0.3 is 15.0 Å². The number of nitrogens with one attached hydrogen (secondary N) is 1. The van der Waals surface area contributed by atoms with Crippen molar-refractivity contribution in [3.63, 3.8) is 0 Å². The highest BCUT2D eigenvalue weighted by Gasteiger charge is 2.49. The van der Waals surface area contributed by atoms with Gasteiger partial charge in [-0.1, -0.05) is 13.8 Å². The van der Waals surface area contributed by atoms with Gasteiger partial charge in [0.25, 0.3) is 0 Å². The van der Waals surface area contributed by atoms with Crippen LogP contribution in [-0.4, -0.2) is 60.4 Å². The fourth-order valence-electron chi connectivity index (χ4n) is 4.39. The third-order valence-electron chi connectivity index (χ3n) is 5.76. The average molecular weight is 399 g/mol. The third-order valence-corrected chi connectivity index (χ3v) is 6.75. The Balaban J connectivity index is 2.09. The second kappa shape index (κ2) is 9.80. The highest BCUT2D eigenvalue weighted by atomic mass is 32.2. The van der Waals surface area contributed by atoms with Crippen molar-refractivity contribution in [2.24, 2.45) is 17.3 Å². The van der Waals surface area contributed by atoms with Crippen molar-refractivity contribution in [3.05, 3.63) is 0 Å². The van der Waals surface area contributed by atoms with Crippen LogP contribution in [0.3, 0.4) is 0 Å². The number of hydrogen-bond acceptors (Lipinski definition) is 5. The minimum atomic E-state index is -0.467. The van der Waals surface area contributed by atoms with Gasteiger partial charge in [0.1, 0.15) is 6.04 Å². The van der Waals surface area contributed by atoms with Crippen molar-refractivity contribution in [3.8, 4) is 0 Å². The van der Waals surface area contributed by atoms with Gasteiger partial charge in [-0.05, 0) is 54.4 Å². The Hall–Kier alpha value is -1.24. The van der Waals surface area contributed by atoms with Crippen molar-refractivity contribution in [1.29, 1.82) is 0 Å². The first-order chi connectivity index (χ1) is 12.8. The van der Waals surface area contributed by atoms with E-state index < -0.39 is 6.04 Å². The molecule has 0 aromatic carbocycles. The molecule has 0 aliphatic carbocycles. The summed E-state index contributed by atoms with van der Waals surface area (Å²) in [5.74, 6) is 2.33. The minimum Gasteiger partial charge on any atom is -0.467 e. The SMILES string of the molecule is COC(=O)C1CC2(CCSCC2)CN1C(=O)C[C@@H](CNC(C)=O)CC(C)C. The summed E-state index contributed by atoms with van der Waals surface area (Å²) in [5, 5.41) is 2.84. The van der Waals surface area contributed by atoms with Crippen molar-refractivity contribution in [1.82, 2.24) is 10.2 Å². The zero-order chi connectivity index (χ0) is 20.0. The van der Waals surface area contributed by atoms with Gasteiger partial charge in [-0.3, -0.25) is 9.59 Å². The van der Waals surface area contributed by atoms with Crippen LogP contribution >= 0.6 is 11.8 Å². The van der Waals surface area contributed by atoms with Crippen LogP contribution < -0.4 is 5.32 Å². The number of likely N-dealkylation sites (tertiary alicyclic amines) is 1. The summed E-state index contributed by atoms with van der Waals surface area (Å²) >= 11 is 1.95. The van der Waals surface area contributed by atoms with Crippen molar-refractivity contribution in [2.75, 3.05) is 31.7 Å². The zero-order valence-electron chi connectivity index (χ0n) is 17.1. The van der Waals surface area contributed by atoms with Gasteiger partial charge in [-0.25, -0.2) is 4.79 Å². The Bertz CT molecular complexity index is 546. The highest BCUT2D eigenvalue weighted by molar-refractivity contribution is 7.99. The second-order valence-corrected chi connectivity index (χ2v) is 9.74. The van der Waals surface area contributed by atoms with E-state index in [2.05, 4.69) is 19.2 Å². The van der Waals surface area contributed by atoms with Crippen LogP contribution in [0.2, 0.25) is 0 Å². The summed E-state index contributed by atoms with van der Waals surface area (Å²) in [6.45, 7) is 6.88. The maximum Gasteiger partial charge on any atom is 0.328 e. The van der Waals surface area contributed by atoms with Crippen LogP contribution in [0.25, 0.3) is 0 Å². The monoisotopic (exact) mass is 398 g/mol. The first kappa shape index (κ1) is 22.1. The Morgan fingerprint density at radius 3 is 2.48 bits per heavy atom. The summed E-state index contributed by atoms with van der Waals surface area (Å²) in [6, 6.07) is -0.467. The van der Waals surface area contributed by atoms with Crippen LogP contribution in [-0.2, 0) is 19.1 Å². The quantitative estimate of drug-likeness (QED) is 0.667. The van der Waals surface area contributed by atoms with Gasteiger partial charge in [0.05, 0.1) is 7.11 Å². The molecule has 2 rings (SSSR count). The van der Waals surface area contributed by atoms with E-state index in [1.54, 1.807) is 4.90 Å². The van der Waals surface area contributed by atoms with Crippen molar-refractivity contribution in [2.45, 2.75) is 58.9 Å². The first-order valence-corrected chi connectivity index (χ1v) is 11.1. The van der Waals surface area contributed by atoms with E-state index in [4.69, 9.17) is 4.74 Å². The van der Waals surface area contributed by atoms with Crippen molar-refractivity contribution < 1.29 is 19.1 Å². The Morgan fingerprint density at radius 1 is 1.26 bits per heavy atom. The van der Waals surface area contributed by atoms with Gasteiger partial charge >= 0.3 is 5.97 Å². The normalized spacial score (nSPS) is 22.7. The molecule has 7 heteroatoms. The van der Waals surface area contributed by atoms with E-state index in [1.165, 1.54) is 14.0 Å². The van der Waals surface area contributed by atoms with Gasteiger partial charge in [-0.2, -0.15) is 11.8 Å². The second-order valence-electron chi connectivity index (χ2n) is 8.51. The van der Waals surface area contributed by atoms with Crippen molar-refractivity contribution >= 4 is 29.5 Å². The molecule has 0 bridgehead atoms. The minimum absolute atomic E-state index is 0.0107. The topological polar surface area (TPSA) is 75.7 Å². The molecular formula is C20H34N2O4S. The summed E-state index contributed by atoms with van der Waals surface area (Å²) < 4.78 is 5.00. The van der Waals surface area contributed by atoms with E-state index in [0.29, 0.717) is 31.8 Å². The number of amides is 2. The molecule has 0 aromatic rings. The summed E-state index contributed by atoms with van der Waals surface area (Å²) in [7, 11) is 1.39. The molecule has 2 heterocycles. The predicted molar refractivity (Wildman–Crippen MR) is 107 cm³/mol. The van der Waals surface area contributed by atoms with E-state index in [0.717, 1.165) is 30.8 Å². The average Bonchev–Trinajstić information content (AvgIpc) is 2.98. The Morgan fingerprint density at radius 2 is 1.93 bits per heavy atom. The standard InChI is InChI=1S/C20H34N2O4S/c1-14(2)9-16(12-21-15(3)23)10-18(24)22-13-20(5-7-27-8-6-20)11-17(22)19(25)26-4/h14,16-17H,5-13H2,1-4H3,(H,21,23)/t16-,17?/m0/s1. The lowest BCUT2D eigenvalue weighted by Gasteiger charge is -2.33. The molecule has 2 saturated heterocycles. The van der Waals surface area contributed by atoms with Crippen LogP contribution in [0.4, 0.5) is 0 Å². The molecule has 2 aliphatic rings. The number of carbonyl (C=O) groups is 3. The fourth-order valence-corrected chi connectivity index (χ4v) is 5.75.